The lowest BCUT2D eigenvalue weighted by atomic mass is 10.0. The second-order valence-corrected chi connectivity index (χ2v) is 10.6. The molecule has 4 rings (SSSR count). The normalized spacial score (nSPS) is 13.1. The largest absolute Gasteiger partial charge is 0.456 e. The number of benzene rings is 3. The number of anilines is 3. The lowest BCUT2D eigenvalue weighted by Gasteiger charge is -2.20. The molecule has 1 atom stereocenters. The Morgan fingerprint density at radius 1 is 0.929 bits per heavy atom. The number of halogens is 1. The molecule has 0 aliphatic carbocycles. The molecule has 42 heavy (non-hydrogen) atoms. The molecule has 3 aromatic rings. The van der Waals surface area contributed by atoms with E-state index < -0.39 is 35.3 Å². The van der Waals surface area contributed by atoms with Gasteiger partial charge in [-0.1, -0.05) is 46.9 Å². The van der Waals surface area contributed by atoms with Crippen molar-refractivity contribution in [3.8, 4) is 0 Å². The molecule has 3 aromatic carbocycles. The molecule has 0 radical (unpaired) electrons. The number of carbonyl (C=O) groups excluding carboxylic acids is 4. The summed E-state index contributed by atoms with van der Waals surface area (Å²) in [6.07, 6.45) is 2.85. The molecule has 1 unspecified atom stereocenters. The van der Waals surface area contributed by atoms with Gasteiger partial charge >= 0.3 is 17.8 Å². The highest BCUT2D eigenvalue weighted by atomic mass is 35.5. The monoisotopic (exact) mass is 592 g/mol. The highest BCUT2D eigenvalue weighted by Gasteiger charge is 2.26. The van der Waals surface area contributed by atoms with Crippen molar-refractivity contribution in [1.82, 2.24) is 5.32 Å². The molecule has 0 aromatic heterocycles. The predicted molar refractivity (Wildman–Crippen MR) is 156 cm³/mol. The van der Waals surface area contributed by atoms with Gasteiger partial charge in [-0.25, -0.2) is 4.79 Å². The van der Waals surface area contributed by atoms with E-state index in [1.165, 1.54) is 35.7 Å². The van der Waals surface area contributed by atoms with Crippen LogP contribution in [0.15, 0.2) is 85.3 Å². The van der Waals surface area contributed by atoms with Crippen LogP contribution in [0.1, 0.15) is 36.7 Å². The summed E-state index contributed by atoms with van der Waals surface area (Å²) >= 11 is 6.10. The molecular weight excluding hydrogens is 564 g/mol. The molecule has 1 aliphatic rings. The van der Waals surface area contributed by atoms with Gasteiger partial charge in [-0.15, -0.1) is 0 Å². The molecule has 0 saturated carbocycles. The number of esters is 1. The van der Waals surface area contributed by atoms with Crippen molar-refractivity contribution in [2.24, 2.45) is 0 Å². The van der Waals surface area contributed by atoms with Crippen LogP contribution in [-0.2, 0) is 35.4 Å². The third kappa shape index (κ3) is 8.32. The number of ether oxygens (including phenoxy) is 1. The smallest absolute Gasteiger partial charge is 0.338 e. The van der Waals surface area contributed by atoms with Crippen molar-refractivity contribution in [3.05, 3.63) is 101 Å². The maximum absolute atomic E-state index is 13.3. The first-order chi connectivity index (χ1) is 20.0. The summed E-state index contributed by atoms with van der Waals surface area (Å²) in [5, 5.41) is 9.26. The van der Waals surface area contributed by atoms with Crippen LogP contribution in [0.4, 0.5) is 17.1 Å². The zero-order valence-corrected chi connectivity index (χ0v) is 23.8. The molecule has 3 amide bonds. The van der Waals surface area contributed by atoms with Gasteiger partial charge in [0.25, 0.3) is 0 Å². The van der Waals surface area contributed by atoms with Gasteiger partial charge in [0.1, 0.15) is 11.6 Å². The minimum Gasteiger partial charge on any atom is -0.456 e. The van der Waals surface area contributed by atoms with Crippen molar-refractivity contribution in [1.29, 1.82) is 0 Å². The van der Waals surface area contributed by atoms with E-state index in [-0.39, 0.29) is 12.1 Å². The number of rotatable bonds is 8. The second-order valence-electron chi connectivity index (χ2n) is 10.2. The second kappa shape index (κ2) is 13.2. The van der Waals surface area contributed by atoms with Crippen LogP contribution in [0.2, 0.25) is 5.02 Å². The zero-order valence-electron chi connectivity index (χ0n) is 23.1. The summed E-state index contributed by atoms with van der Waals surface area (Å²) < 4.78 is 5.36. The SMILES string of the molecule is CC(C)(C)OC(=O)c1ccc(NC(=O)C(Cc2ccccc2)NC(=O)C(=O)Nc2cc(Cl)ccc2N2C=COO2)cc1. The molecule has 12 heteroatoms. The molecule has 0 fully saturated rings. The zero-order chi connectivity index (χ0) is 30.3. The number of hydroxylamine groups is 1. The fourth-order valence-electron chi connectivity index (χ4n) is 3.82. The molecule has 1 heterocycles. The third-order valence-electron chi connectivity index (χ3n) is 5.72. The lowest BCUT2D eigenvalue weighted by molar-refractivity contribution is -0.233. The summed E-state index contributed by atoms with van der Waals surface area (Å²) in [6.45, 7) is 5.30. The number of nitrogens with zero attached hydrogens (tertiary/aromatic N) is 1. The van der Waals surface area contributed by atoms with E-state index in [0.717, 1.165) is 5.56 Å². The van der Waals surface area contributed by atoms with Crippen LogP contribution in [0.5, 0.6) is 0 Å². The van der Waals surface area contributed by atoms with Gasteiger partial charge < -0.3 is 25.6 Å². The highest BCUT2D eigenvalue weighted by Crippen LogP contribution is 2.31. The van der Waals surface area contributed by atoms with Gasteiger partial charge in [0.05, 0.1) is 23.1 Å². The third-order valence-corrected chi connectivity index (χ3v) is 5.95. The molecule has 1 aliphatic heterocycles. The Kier molecular flexibility index (Phi) is 9.46. The summed E-state index contributed by atoms with van der Waals surface area (Å²) in [5.41, 5.74) is 1.33. The average Bonchev–Trinajstić information content (AvgIpc) is 3.47. The minimum absolute atomic E-state index is 0.105. The minimum atomic E-state index is -1.12. The highest BCUT2D eigenvalue weighted by molar-refractivity contribution is 6.40. The van der Waals surface area contributed by atoms with Gasteiger partial charge in [-0.3, -0.25) is 14.4 Å². The van der Waals surface area contributed by atoms with Crippen LogP contribution in [0, 0.1) is 0 Å². The van der Waals surface area contributed by atoms with E-state index >= 15 is 0 Å². The number of amides is 3. The molecule has 218 valence electrons. The molecule has 0 bridgehead atoms. The summed E-state index contributed by atoms with van der Waals surface area (Å²) in [7, 11) is 0. The van der Waals surface area contributed by atoms with E-state index in [1.807, 2.05) is 6.07 Å². The van der Waals surface area contributed by atoms with E-state index in [0.29, 0.717) is 22.0 Å². The van der Waals surface area contributed by atoms with E-state index in [9.17, 15) is 19.2 Å². The van der Waals surface area contributed by atoms with Crippen molar-refractivity contribution >= 4 is 52.4 Å². The number of hydrogen-bond donors (Lipinski definition) is 3. The maximum Gasteiger partial charge on any atom is 0.338 e. The lowest BCUT2D eigenvalue weighted by Crippen LogP contribution is -2.49. The molecule has 0 saturated heterocycles. The Hall–Kier alpha value is -4.87. The van der Waals surface area contributed by atoms with Gasteiger partial charge in [0, 0.05) is 17.1 Å². The Balaban J connectivity index is 1.47. The number of nitrogens with one attached hydrogen (secondary N) is 3. The van der Waals surface area contributed by atoms with Crippen molar-refractivity contribution < 1.29 is 33.8 Å². The standard InChI is InChI=1S/C30H29ClN4O7/c1-30(2,3)41-29(39)20-9-12-22(13-10-20)32-26(36)24(17-19-7-5-4-6-8-19)34-28(38)27(37)33-23-18-21(31)11-14-25(23)35-15-16-40-42-35/h4-16,18,24H,17H2,1-3H3,(H,32,36)(H,33,37)(H,34,38). The van der Waals surface area contributed by atoms with Crippen molar-refractivity contribution in [3.63, 3.8) is 0 Å². The van der Waals surface area contributed by atoms with Crippen LogP contribution < -0.4 is 21.0 Å². The first-order valence-electron chi connectivity index (χ1n) is 12.9. The van der Waals surface area contributed by atoms with Crippen LogP contribution in [-0.4, -0.2) is 35.3 Å². The van der Waals surface area contributed by atoms with Crippen molar-refractivity contribution in [2.45, 2.75) is 38.8 Å². The topological polar surface area (TPSA) is 135 Å². The first kappa shape index (κ1) is 30.1. The quantitative estimate of drug-likeness (QED) is 0.194. The Labute approximate surface area is 247 Å². The Morgan fingerprint density at radius 2 is 1.64 bits per heavy atom. The molecule has 3 N–H and O–H groups in total. The number of hydrogen-bond acceptors (Lipinski definition) is 8. The maximum atomic E-state index is 13.3. The fourth-order valence-corrected chi connectivity index (χ4v) is 3.99. The van der Waals surface area contributed by atoms with E-state index in [2.05, 4.69) is 16.0 Å². The van der Waals surface area contributed by atoms with Crippen LogP contribution >= 0.6 is 11.6 Å². The number of carbonyl (C=O) groups is 4. The summed E-state index contributed by atoms with van der Waals surface area (Å²) in [6, 6.07) is 18.6. The fraction of sp³-hybridized carbons (Fsp3) is 0.200. The summed E-state index contributed by atoms with van der Waals surface area (Å²) in [4.78, 5) is 61.2. The Bertz CT molecular complexity index is 1490. The van der Waals surface area contributed by atoms with E-state index in [4.69, 9.17) is 26.2 Å². The Morgan fingerprint density at radius 3 is 2.29 bits per heavy atom. The molecule has 11 nitrogen and oxygen atoms in total. The van der Waals surface area contributed by atoms with Gasteiger partial charge in [-0.05, 0) is 68.8 Å². The average molecular weight is 593 g/mol. The summed E-state index contributed by atoms with van der Waals surface area (Å²) in [5.74, 6) is -3.15. The van der Waals surface area contributed by atoms with Crippen LogP contribution in [0.3, 0.4) is 0 Å². The molecule has 0 spiro atoms. The van der Waals surface area contributed by atoms with Gasteiger partial charge in [-0.2, -0.15) is 5.06 Å². The van der Waals surface area contributed by atoms with Crippen molar-refractivity contribution in [2.75, 3.05) is 15.7 Å². The van der Waals surface area contributed by atoms with Crippen LogP contribution in [0.25, 0.3) is 0 Å². The molecular formula is C30H29ClN4O7. The predicted octanol–water partition coefficient (Wildman–Crippen LogP) is 4.75. The van der Waals surface area contributed by atoms with Gasteiger partial charge in [0.2, 0.25) is 5.91 Å². The van der Waals surface area contributed by atoms with Gasteiger partial charge in [0.15, 0.2) is 6.26 Å². The van der Waals surface area contributed by atoms with E-state index in [1.54, 1.807) is 69.3 Å². The first-order valence-corrected chi connectivity index (χ1v) is 13.3.